The van der Waals surface area contributed by atoms with Crippen LogP contribution in [-0.4, -0.2) is 17.9 Å². The van der Waals surface area contributed by atoms with Crippen LogP contribution in [0.25, 0.3) is 0 Å². The molecule has 0 aromatic carbocycles. The Morgan fingerprint density at radius 3 is 2.23 bits per heavy atom. The molecule has 0 amide bonds. The molecule has 1 heterocycles. The van der Waals surface area contributed by atoms with Gasteiger partial charge in [0.2, 0.25) is 0 Å². The van der Waals surface area contributed by atoms with E-state index < -0.39 is 17.9 Å². The van der Waals surface area contributed by atoms with Gasteiger partial charge in [0.25, 0.3) is 0 Å². The highest BCUT2D eigenvalue weighted by Crippen LogP contribution is 2.51. The number of rotatable bonds is 3. The van der Waals surface area contributed by atoms with Gasteiger partial charge in [-0.3, -0.25) is 0 Å². The summed E-state index contributed by atoms with van der Waals surface area (Å²) in [7, 11) is 0. The van der Waals surface area contributed by atoms with Crippen LogP contribution in [0, 0.1) is 5.92 Å². The van der Waals surface area contributed by atoms with Crippen molar-refractivity contribution >= 4 is 0 Å². The first-order valence-corrected chi connectivity index (χ1v) is 4.52. The van der Waals surface area contributed by atoms with Gasteiger partial charge in [0.05, 0.1) is 6.10 Å². The second-order valence-corrected chi connectivity index (χ2v) is 4.18. The lowest BCUT2D eigenvalue weighted by molar-refractivity contribution is -0.178. The molecule has 1 nitrogen and oxygen atoms in total. The molecule has 0 saturated carbocycles. The van der Waals surface area contributed by atoms with Crippen molar-refractivity contribution < 1.29 is 17.9 Å². The van der Waals surface area contributed by atoms with Crippen LogP contribution in [0.15, 0.2) is 0 Å². The summed E-state index contributed by atoms with van der Waals surface area (Å²) in [5.41, 5.74) is -1.86. The summed E-state index contributed by atoms with van der Waals surface area (Å²) in [5, 5.41) is 0. The lowest BCUT2D eigenvalue weighted by Crippen LogP contribution is -2.31. The van der Waals surface area contributed by atoms with E-state index in [9.17, 15) is 13.2 Å². The zero-order chi connectivity index (χ0) is 10.3. The molecule has 2 atom stereocenters. The number of alkyl halides is 3. The van der Waals surface area contributed by atoms with E-state index in [4.69, 9.17) is 4.74 Å². The largest absolute Gasteiger partial charge is 0.419 e. The van der Waals surface area contributed by atoms with Gasteiger partial charge in [0, 0.05) is 0 Å². The summed E-state index contributed by atoms with van der Waals surface area (Å²) in [5.74, 6) is 0.432. The van der Waals surface area contributed by atoms with Crippen LogP contribution in [0.4, 0.5) is 13.2 Å². The molecule has 13 heavy (non-hydrogen) atoms. The van der Waals surface area contributed by atoms with E-state index in [1.54, 1.807) is 0 Å². The van der Waals surface area contributed by atoms with E-state index in [0.717, 1.165) is 13.3 Å². The Labute approximate surface area is 76.3 Å². The van der Waals surface area contributed by atoms with Crippen LogP contribution >= 0.6 is 0 Å². The number of ether oxygens (including phenoxy) is 1. The molecule has 78 valence electrons. The van der Waals surface area contributed by atoms with E-state index in [1.165, 1.54) is 0 Å². The first-order valence-electron chi connectivity index (χ1n) is 4.52. The standard InChI is InChI=1S/C9H15F3O/c1-6(2)4-5-7-8(3,13-7)9(10,11)12/h6-7H,4-5H2,1-3H3. The van der Waals surface area contributed by atoms with Crippen LogP contribution < -0.4 is 0 Å². The average Bonchev–Trinajstić information content (AvgIpc) is 2.58. The molecule has 1 aliphatic rings. The Hall–Kier alpha value is -0.250. The summed E-state index contributed by atoms with van der Waals surface area (Å²) in [6.07, 6.45) is -3.53. The lowest BCUT2D eigenvalue weighted by Gasteiger charge is -2.11. The Bertz CT molecular complexity index is 188. The van der Waals surface area contributed by atoms with E-state index in [2.05, 4.69) is 0 Å². The summed E-state index contributed by atoms with van der Waals surface area (Å²) in [6.45, 7) is 5.11. The smallest absolute Gasteiger partial charge is 0.356 e. The fourth-order valence-electron chi connectivity index (χ4n) is 1.33. The van der Waals surface area contributed by atoms with E-state index >= 15 is 0 Å². The van der Waals surface area contributed by atoms with Crippen molar-refractivity contribution in [1.29, 1.82) is 0 Å². The van der Waals surface area contributed by atoms with Crippen LogP contribution in [0.5, 0.6) is 0 Å². The first kappa shape index (κ1) is 10.8. The molecule has 0 spiro atoms. The SMILES string of the molecule is CC(C)CCC1OC1(C)C(F)(F)F. The number of hydrogen-bond acceptors (Lipinski definition) is 1. The summed E-state index contributed by atoms with van der Waals surface area (Å²) in [6, 6.07) is 0. The molecule has 0 radical (unpaired) electrons. The molecule has 0 aliphatic carbocycles. The molecule has 0 N–H and O–H groups in total. The molecule has 1 rings (SSSR count). The number of hydrogen-bond donors (Lipinski definition) is 0. The van der Waals surface area contributed by atoms with Crippen molar-refractivity contribution in [2.75, 3.05) is 0 Å². The Balaban J connectivity index is 2.36. The third-order valence-corrected chi connectivity index (χ3v) is 2.51. The lowest BCUT2D eigenvalue weighted by atomic mass is 9.99. The van der Waals surface area contributed by atoms with Gasteiger partial charge in [-0.15, -0.1) is 0 Å². The topological polar surface area (TPSA) is 12.5 Å². The Morgan fingerprint density at radius 1 is 1.38 bits per heavy atom. The molecule has 1 saturated heterocycles. The van der Waals surface area contributed by atoms with Crippen LogP contribution in [0.1, 0.15) is 33.6 Å². The number of epoxide rings is 1. The van der Waals surface area contributed by atoms with Gasteiger partial charge in [-0.25, -0.2) is 0 Å². The first-order chi connectivity index (χ1) is 5.77. The van der Waals surface area contributed by atoms with Crippen LogP contribution in [0.3, 0.4) is 0 Å². The molecule has 0 aromatic heterocycles. The molecule has 2 unspecified atom stereocenters. The molecule has 1 fully saturated rings. The third-order valence-electron chi connectivity index (χ3n) is 2.51. The van der Waals surface area contributed by atoms with Crippen molar-refractivity contribution in [3.05, 3.63) is 0 Å². The fraction of sp³-hybridized carbons (Fsp3) is 1.00. The van der Waals surface area contributed by atoms with Gasteiger partial charge in [0.1, 0.15) is 0 Å². The van der Waals surface area contributed by atoms with Crippen molar-refractivity contribution in [3.8, 4) is 0 Å². The molecule has 4 heteroatoms. The fourth-order valence-corrected chi connectivity index (χ4v) is 1.33. The van der Waals surface area contributed by atoms with Crippen molar-refractivity contribution in [3.63, 3.8) is 0 Å². The van der Waals surface area contributed by atoms with E-state index in [-0.39, 0.29) is 0 Å². The molecular formula is C9H15F3O. The molecule has 0 aromatic rings. The van der Waals surface area contributed by atoms with Crippen molar-refractivity contribution in [2.45, 2.75) is 51.5 Å². The highest BCUT2D eigenvalue weighted by molar-refractivity contribution is 5.04. The molecular weight excluding hydrogens is 181 g/mol. The normalized spacial score (nSPS) is 33.9. The zero-order valence-electron chi connectivity index (χ0n) is 8.11. The molecule has 1 aliphatic heterocycles. The maximum Gasteiger partial charge on any atom is 0.419 e. The van der Waals surface area contributed by atoms with Crippen LogP contribution in [0.2, 0.25) is 0 Å². The van der Waals surface area contributed by atoms with Gasteiger partial charge < -0.3 is 4.74 Å². The maximum atomic E-state index is 12.3. The third kappa shape index (κ3) is 2.16. The van der Waals surface area contributed by atoms with Gasteiger partial charge in [-0.05, 0) is 25.7 Å². The highest BCUT2D eigenvalue weighted by Gasteiger charge is 2.69. The monoisotopic (exact) mass is 196 g/mol. The zero-order valence-corrected chi connectivity index (χ0v) is 8.11. The number of halogens is 3. The second-order valence-electron chi connectivity index (χ2n) is 4.18. The molecule has 0 bridgehead atoms. The quantitative estimate of drug-likeness (QED) is 0.632. The minimum atomic E-state index is -4.21. The predicted molar refractivity (Wildman–Crippen MR) is 43.4 cm³/mol. The van der Waals surface area contributed by atoms with Gasteiger partial charge in [0.15, 0.2) is 5.60 Å². The van der Waals surface area contributed by atoms with Gasteiger partial charge in [-0.2, -0.15) is 13.2 Å². The Kier molecular flexibility index (Phi) is 2.63. The summed E-state index contributed by atoms with van der Waals surface area (Å²) >= 11 is 0. The predicted octanol–water partition coefficient (Wildman–Crippen LogP) is 3.14. The van der Waals surface area contributed by atoms with E-state index in [0.29, 0.717) is 12.3 Å². The van der Waals surface area contributed by atoms with Crippen molar-refractivity contribution in [2.24, 2.45) is 5.92 Å². The minimum Gasteiger partial charge on any atom is -0.356 e. The van der Waals surface area contributed by atoms with Crippen LogP contribution in [-0.2, 0) is 4.74 Å². The van der Waals surface area contributed by atoms with Crippen molar-refractivity contribution in [1.82, 2.24) is 0 Å². The maximum absolute atomic E-state index is 12.3. The summed E-state index contributed by atoms with van der Waals surface area (Å²) in [4.78, 5) is 0. The summed E-state index contributed by atoms with van der Waals surface area (Å²) < 4.78 is 41.5. The highest BCUT2D eigenvalue weighted by atomic mass is 19.4. The van der Waals surface area contributed by atoms with Gasteiger partial charge >= 0.3 is 6.18 Å². The average molecular weight is 196 g/mol. The van der Waals surface area contributed by atoms with E-state index in [1.807, 2.05) is 13.8 Å². The second kappa shape index (κ2) is 3.15. The Morgan fingerprint density at radius 2 is 1.92 bits per heavy atom. The van der Waals surface area contributed by atoms with Gasteiger partial charge in [-0.1, -0.05) is 13.8 Å². The minimum absolute atomic E-state index is 0.432.